The predicted octanol–water partition coefficient (Wildman–Crippen LogP) is -1.06. The molecule has 1 aliphatic heterocycles. The van der Waals surface area contributed by atoms with Crippen molar-refractivity contribution < 1.29 is 35.8 Å². The van der Waals surface area contributed by atoms with Crippen LogP contribution in [0.5, 0.6) is 11.5 Å². The molecule has 0 amide bonds. The zero-order valence-corrected chi connectivity index (χ0v) is 13.3. The Hall–Kier alpha value is -1.88. The minimum absolute atomic E-state index is 0. The summed E-state index contributed by atoms with van der Waals surface area (Å²) in [4.78, 5) is 12.3. The summed E-state index contributed by atoms with van der Waals surface area (Å²) in [7, 11) is 0. The Bertz CT molecular complexity index is 658. The summed E-state index contributed by atoms with van der Waals surface area (Å²) in [6.45, 7) is 3.39. The van der Waals surface area contributed by atoms with Gasteiger partial charge >= 0.3 is 0 Å². The Morgan fingerprint density at radius 2 is 1.90 bits per heavy atom. The van der Waals surface area contributed by atoms with Gasteiger partial charge in [0.1, 0.15) is 13.2 Å². The van der Waals surface area contributed by atoms with Crippen molar-refractivity contribution in [1.29, 1.82) is 0 Å². The van der Waals surface area contributed by atoms with Crippen LogP contribution in [0.25, 0.3) is 0 Å². The molecule has 5 heteroatoms. The van der Waals surface area contributed by atoms with E-state index in [1.54, 1.807) is 18.2 Å². The normalized spacial score (nSPS) is 12.4. The lowest BCUT2D eigenvalue weighted by Gasteiger charge is -2.18. The highest BCUT2D eigenvalue weighted by molar-refractivity contribution is 5.95. The van der Waals surface area contributed by atoms with Gasteiger partial charge in [0, 0.05) is 24.6 Å². The van der Waals surface area contributed by atoms with Crippen LogP contribution in [0.2, 0.25) is 0 Å². The molecule has 1 aromatic carbocycles. The van der Waals surface area contributed by atoms with Crippen molar-refractivity contribution in [2.75, 3.05) is 13.2 Å². The number of carbonyl (C=O) groups excluding carboxylic acids is 1. The van der Waals surface area contributed by atoms with Gasteiger partial charge in [0.15, 0.2) is 23.4 Å². The van der Waals surface area contributed by atoms with E-state index in [9.17, 15) is 4.79 Å². The van der Waals surface area contributed by atoms with Gasteiger partial charge in [0.25, 0.3) is 0 Å². The molecule has 0 bridgehead atoms. The van der Waals surface area contributed by atoms with Crippen LogP contribution in [-0.4, -0.2) is 19.0 Å². The Balaban J connectivity index is 0.00000161. The van der Waals surface area contributed by atoms with Gasteiger partial charge < -0.3 is 26.5 Å². The fraction of sp³-hybridized carbons (Fsp3) is 0.250. The van der Waals surface area contributed by atoms with E-state index >= 15 is 0 Å². The second kappa shape index (κ2) is 6.72. The Labute approximate surface area is 134 Å². The number of Topliss-reactive ketones (excluding diaryl/α,β-unsaturated/α-hetero) is 1. The van der Waals surface area contributed by atoms with E-state index in [4.69, 9.17) is 9.47 Å². The van der Waals surface area contributed by atoms with Crippen LogP contribution in [-0.2, 0) is 6.54 Å². The lowest BCUT2D eigenvalue weighted by Crippen LogP contribution is -3.00. The maximum absolute atomic E-state index is 12.3. The summed E-state index contributed by atoms with van der Waals surface area (Å²) >= 11 is 0. The van der Waals surface area contributed by atoms with Crippen molar-refractivity contribution in [1.82, 2.24) is 0 Å². The molecule has 110 valence electrons. The SMILES string of the molecule is Cc1cccc[n+]1CC(=O)c1ccc2c(c1)OCCO2.[Br-]. The minimum atomic E-state index is 0. The molecule has 0 atom stereocenters. The molecule has 1 aliphatic rings. The second-order valence-corrected chi connectivity index (χ2v) is 4.75. The summed E-state index contributed by atoms with van der Waals surface area (Å²) in [5.41, 5.74) is 1.70. The summed E-state index contributed by atoms with van der Waals surface area (Å²) in [5, 5.41) is 0. The molecule has 0 aliphatic carbocycles. The third kappa shape index (κ3) is 3.42. The minimum Gasteiger partial charge on any atom is -1.00 e. The molecule has 0 saturated carbocycles. The largest absolute Gasteiger partial charge is 1.00 e. The summed E-state index contributed by atoms with van der Waals surface area (Å²) in [5.74, 6) is 1.41. The Morgan fingerprint density at radius 1 is 1.14 bits per heavy atom. The van der Waals surface area contributed by atoms with Crippen molar-refractivity contribution in [3.8, 4) is 11.5 Å². The molecular weight excluding hydrogens is 334 g/mol. The standard InChI is InChI=1S/C16H16NO3.BrH/c1-12-4-2-3-7-17(12)11-14(18)13-5-6-15-16(10-13)20-9-8-19-15;/h2-7,10H,8-9,11H2,1H3;1H/q+1;/p-1. The van der Waals surface area contributed by atoms with E-state index in [0.29, 0.717) is 36.8 Å². The van der Waals surface area contributed by atoms with E-state index in [0.717, 1.165) is 5.69 Å². The monoisotopic (exact) mass is 349 g/mol. The number of benzene rings is 1. The van der Waals surface area contributed by atoms with E-state index in [2.05, 4.69) is 0 Å². The average molecular weight is 350 g/mol. The number of aromatic nitrogens is 1. The van der Waals surface area contributed by atoms with Crippen molar-refractivity contribution in [2.24, 2.45) is 0 Å². The first-order chi connectivity index (χ1) is 9.74. The molecule has 2 heterocycles. The number of carbonyl (C=O) groups is 1. The zero-order valence-electron chi connectivity index (χ0n) is 11.7. The number of fused-ring (bicyclic) bond motifs is 1. The highest BCUT2D eigenvalue weighted by Gasteiger charge is 2.18. The highest BCUT2D eigenvalue weighted by atomic mass is 79.9. The van der Waals surface area contributed by atoms with E-state index in [1.165, 1.54) is 0 Å². The van der Waals surface area contributed by atoms with Gasteiger partial charge in [0.2, 0.25) is 12.3 Å². The smallest absolute Gasteiger partial charge is 0.227 e. The van der Waals surface area contributed by atoms with E-state index in [-0.39, 0.29) is 22.8 Å². The quantitative estimate of drug-likeness (QED) is 0.524. The number of nitrogens with zero attached hydrogens (tertiary/aromatic N) is 1. The maximum Gasteiger partial charge on any atom is 0.227 e. The molecule has 0 N–H and O–H groups in total. The number of aryl methyl sites for hydroxylation is 1. The average Bonchev–Trinajstić information content (AvgIpc) is 2.49. The first-order valence-electron chi connectivity index (χ1n) is 6.62. The molecule has 4 nitrogen and oxygen atoms in total. The molecule has 21 heavy (non-hydrogen) atoms. The molecular formula is C16H16BrNO3. The van der Waals surface area contributed by atoms with Crippen LogP contribution in [0.3, 0.4) is 0 Å². The first kappa shape index (κ1) is 15.5. The van der Waals surface area contributed by atoms with Crippen LogP contribution in [0.1, 0.15) is 16.1 Å². The number of ether oxygens (including phenoxy) is 2. The lowest BCUT2D eigenvalue weighted by molar-refractivity contribution is -0.689. The van der Waals surface area contributed by atoms with Gasteiger partial charge in [-0.1, -0.05) is 6.07 Å². The second-order valence-electron chi connectivity index (χ2n) is 4.75. The summed E-state index contributed by atoms with van der Waals surface area (Å²) < 4.78 is 12.9. The van der Waals surface area contributed by atoms with Gasteiger partial charge in [-0.2, -0.15) is 4.57 Å². The summed E-state index contributed by atoms with van der Waals surface area (Å²) in [6, 6.07) is 11.2. The van der Waals surface area contributed by atoms with Crippen molar-refractivity contribution in [3.05, 3.63) is 53.9 Å². The van der Waals surface area contributed by atoms with Crippen molar-refractivity contribution >= 4 is 5.78 Å². The molecule has 0 unspecified atom stereocenters. The van der Waals surface area contributed by atoms with Crippen molar-refractivity contribution in [3.63, 3.8) is 0 Å². The topological polar surface area (TPSA) is 39.4 Å². The lowest BCUT2D eigenvalue weighted by atomic mass is 10.1. The highest BCUT2D eigenvalue weighted by Crippen LogP contribution is 2.30. The third-order valence-electron chi connectivity index (χ3n) is 3.35. The van der Waals surface area contributed by atoms with Gasteiger partial charge in [-0.15, -0.1) is 0 Å². The molecule has 2 aromatic rings. The number of hydrogen-bond donors (Lipinski definition) is 0. The molecule has 1 aromatic heterocycles. The molecule has 0 spiro atoms. The molecule has 3 rings (SSSR count). The summed E-state index contributed by atoms with van der Waals surface area (Å²) in [6.07, 6.45) is 1.91. The van der Waals surface area contributed by atoms with E-state index < -0.39 is 0 Å². The molecule has 0 saturated heterocycles. The van der Waals surface area contributed by atoms with Gasteiger partial charge in [0.05, 0.1) is 0 Å². The predicted molar refractivity (Wildman–Crippen MR) is 73.1 cm³/mol. The zero-order chi connectivity index (χ0) is 13.9. The van der Waals surface area contributed by atoms with Crippen LogP contribution in [0.15, 0.2) is 42.6 Å². The molecule has 0 fully saturated rings. The van der Waals surface area contributed by atoms with Crippen molar-refractivity contribution in [2.45, 2.75) is 13.5 Å². The van der Waals surface area contributed by atoms with E-state index in [1.807, 2.05) is 35.9 Å². The number of ketones is 1. The van der Waals surface area contributed by atoms with Gasteiger partial charge in [-0.05, 0) is 18.2 Å². The van der Waals surface area contributed by atoms with Crippen LogP contribution >= 0.6 is 0 Å². The number of hydrogen-bond acceptors (Lipinski definition) is 3. The van der Waals surface area contributed by atoms with Gasteiger partial charge in [-0.25, -0.2) is 0 Å². The fourth-order valence-electron chi connectivity index (χ4n) is 2.20. The molecule has 0 radical (unpaired) electrons. The number of halogens is 1. The maximum atomic E-state index is 12.3. The number of rotatable bonds is 3. The van der Waals surface area contributed by atoms with Crippen LogP contribution in [0.4, 0.5) is 0 Å². The van der Waals surface area contributed by atoms with Crippen LogP contribution < -0.4 is 31.0 Å². The van der Waals surface area contributed by atoms with Crippen LogP contribution in [0, 0.1) is 6.92 Å². The Kier molecular flexibility index (Phi) is 4.96. The third-order valence-corrected chi connectivity index (χ3v) is 3.35. The Morgan fingerprint density at radius 3 is 2.67 bits per heavy atom. The first-order valence-corrected chi connectivity index (χ1v) is 6.62. The number of pyridine rings is 1. The fourth-order valence-corrected chi connectivity index (χ4v) is 2.20. The van der Waals surface area contributed by atoms with Gasteiger partial charge in [-0.3, -0.25) is 4.79 Å².